The van der Waals surface area contributed by atoms with Crippen molar-refractivity contribution in [2.75, 3.05) is 18.0 Å². The van der Waals surface area contributed by atoms with Crippen molar-refractivity contribution in [3.05, 3.63) is 70.7 Å². The van der Waals surface area contributed by atoms with Crippen molar-refractivity contribution in [2.45, 2.75) is 82.8 Å². The van der Waals surface area contributed by atoms with Crippen LogP contribution in [0.4, 0.5) is 5.69 Å². The van der Waals surface area contributed by atoms with Crippen molar-refractivity contribution >= 4 is 40.7 Å². The van der Waals surface area contributed by atoms with Crippen molar-refractivity contribution in [1.82, 2.24) is 20.5 Å². The number of amides is 4. The van der Waals surface area contributed by atoms with Crippen LogP contribution in [0.15, 0.2) is 54.0 Å². The van der Waals surface area contributed by atoms with Gasteiger partial charge in [0.1, 0.15) is 11.0 Å². The van der Waals surface area contributed by atoms with E-state index in [1.54, 1.807) is 28.5 Å². The van der Waals surface area contributed by atoms with E-state index in [4.69, 9.17) is 0 Å². The third kappa shape index (κ3) is 7.22. The van der Waals surface area contributed by atoms with Crippen LogP contribution in [0.1, 0.15) is 85.7 Å². The Bertz CT molecular complexity index is 1640. The molecule has 0 aliphatic carbocycles. The summed E-state index contributed by atoms with van der Waals surface area (Å²) in [6.07, 6.45) is 10.2. The van der Waals surface area contributed by atoms with Crippen LogP contribution in [-0.4, -0.2) is 58.7 Å². The number of hydrogen-bond donors (Lipinski definition) is 2. The lowest BCUT2D eigenvalue weighted by Gasteiger charge is -2.29. The molecule has 3 aromatic rings. The molecule has 0 saturated carbocycles. The summed E-state index contributed by atoms with van der Waals surface area (Å²) in [6.45, 7) is 1.92. The molecular formula is C36H39N5O4S. The molecule has 0 bridgehead atoms. The molecule has 1 aromatic heterocycles. The first-order valence-corrected chi connectivity index (χ1v) is 17.2. The van der Waals surface area contributed by atoms with Gasteiger partial charge in [0.2, 0.25) is 17.7 Å². The lowest BCUT2D eigenvalue weighted by molar-refractivity contribution is -0.137. The van der Waals surface area contributed by atoms with Crippen LogP contribution in [0.3, 0.4) is 0 Å². The van der Waals surface area contributed by atoms with Gasteiger partial charge in [0.15, 0.2) is 0 Å². The Morgan fingerprint density at radius 3 is 2.61 bits per heavy atom. The van der Waals surface area contributed by atoms with Gasteiger partial charge in [-0.1, -0.05) is 37.2 Å². The zero-order chi connectivity index (χ0) is 31.9. The first-order chi connectivity index (χ1) is 22.5. The fourth-order valence-corrected chi connectivity index (χ4v) is 7.12. The second-order valence-electron chi connectivity index (χ2n) is 12.1. The molecule has 2 fully saturated rings. The van der Waals surface area contributed by atoms with E-state index < -0.39 is 11.9 Å². The van der Waals surface area contributed by atoms with Gasteiger partial charge in [0.05, 0.1) is 6.04 Å². The lowest BCUT2D eigenvalue weighted by atomic mass is 10.0. The highest BCUT2D eigenvalue weighted by Crippen LogP contribution is 2.30. The molecule has 3 aliphatic heterocycles. The third-order valence-corrected chi connectivity index (χ3v) is 9.79. The maximum Gasteiger partial charge on any atom is 0.255 e. The predicted molar refractivity (Wildman–Crippen MR) is 178 cm³/mol. The summed E-state index contributed by atoms with van der Waals surface area (Å²) < 4.78 is 0. The Kier molecular flexibility index (Phi) is 10.2. The molecule has 2 N–H and O–H groups in total. The minimum absolute atomic E-state index is 0.110. The van der Waals surface area contributed by atoms with Gasteiger partial charge in [-0.2, -0.15) is 0 Å². The maximum atomic E-state index is 13.4. The van der Waals surface area contributed by atoms with E-state index in [1.807, 2.05) is 46.7 Å². The molecule has 3 aliphatic rings. The SMILES string of the molecule is O=C1CCC(N2Cc3c(C#CCCCCCCCN(C(=O)[C@@H]4CCCN4)c4ccc(-c5nccs5)cc4)cccc3C2=O)C(=O)N1. The van der Waals surface area contributed by atoms with Crippen LogP contribution >= 0.6 is 11.3 Å². The van der Waals surface area contributed by atoms with E-state index in [2.05, 4.69) is 27.5 Å². The Balaban J connectivity index is 0.966. The van der Waals surface area contributed by atoms with Crippen LogP contribution in [-0.2, 0) is 20.9 Å². The summed E-state index contributed by atoms with van der Waals surface area (Å²) >= 11 is 1.61. The molecule has 0 radical (unpaired) electrons. The van der Waals surface area contributed by atoms with E-state index in [1.165, 1.54) is 0 Å². The molecule has 10 heteroatoms. The summed E-state index contributed by atoms with van der Waals surface area (Å²) in [6, 6.07) is 13.0. The summed E-state index contributed by atoms with van der Waals surface area (Å²) in [5.74, 6) is 5.82. The van der Waals surface area contributed by atoms with Crippen molar-refractivity contribution in [2.24, 2.45) is 0 Å². The highest BCUT2D eigenvalue weighted by Gasteiger charge is 2.39. The number of carbonyl (C=O) groups is 4. The van der Waals surface area contributed by atoms with Crippen molar-refractivity contribution < 1.29 is 19.2 Å². The molecule has 6 rings (SSSR count). The normalized spacial score (nSPS) is 19.0. The van der Waals surface area contributed by atoms with Gasteiger partial charge in [-0.15, -0.1) is 11.3 Å². The Hall–Kier alpha value is -4.33. The Morgan fingerprint density at radius 1 is 1.02 bits per heavy atom. The molecule has 4 amide bonds. The van der Waals surface area contributed by atoms with Crippen LogP contribution in [0.5, 0.6) is 0 Å². The van der Waals surface area contributed by atoms with Gasteiger partial charge >= 0.3 is 0 Å². The number of piperidine rings is 1. The number of benzene rings is 2. The van der Waals surface area contributed by atoms with Crippen LogP contribution < -0.4 is 15.5 Å². The molecule has 0 spiro atoms. The standard InChI is InChI=1S/C36H39N5O4S/c42-32-19-18-31(33(43)39-32)41-24-29-25(11-8-12-28(29)35(41)44)10-6-4-2-1-3-5-7-22-40(36(45)30-13-9-20-37-30)27-16-14-26(15-17-27)34-38-21-23-46-34/h8,11-12,14-17,21,23,30-31,37H,1-5,7,9,13,18-20,22,24H2,(H,39,42,43)/t30-,31?/m0/s1. The summed E-state index contributed by atoms with van der Waals surface area (Å²) in [5.41, 5.74) is 4.26. The number of rotatable bonds is 11. The molecule has 2 saturated heterocycles. The number of imide groups is 1. The third-order valence-electron chi connectivity index (χ3n) is 8.97. The van der Waals surface area contributed by atoms with E-state index >= 15 is 0 Å². The van der Waals surface area contributed by atoms with Crippen molar-refractivity contribution in [3.8, 4) is 22.4 Å². The zero-order valence-electron chi connectivity index (χ0n) is 25.9. The second kappa shape index (κ2) is 14.8. The molecular weight excluding hydrogens is 598 g/mol. The Labute approximate surface area is 273 Å². The minimum Gasteiger partial charge on any atom is -0.322 e. The molecule has 238 valence electrons. The molecule has 1 unspecified atom stereocenters. The summed E-state index contributed by atoms with van der Waals surface area (Å²) in [7, 11) is 0. The highest BCUT2D eigenvalue weighted by molar-refractivity contribution is 7.13. The largest absolute Gasteiger partial charge is 0.322 e. The lowest BCUT2D eigenvalue weighted by Crippen LogP contribution is -2.52. The minimum atomic E-state index is -0.627. The maximum absolute atomic E-state index is 13.4. The first-order valence-electron chi connectivity index (χ1n) is 16.3. The van der Waals surface area contributed by atoms with Crippen molar-refractivity contribution in [1.29, 1.82) is 0 Å². The molecule has 2 aromatic carbocycles. The van der Waals surface area contributed by atoms with Gasteiger partial charge in [-0.25, -0.2) is 4.98 Å². The quantitative estimate of drug-likeness (QED) is 0.173. The van der Waals surface area contributed by atoms with Crippen molar-refractivity contribution in [3.63, 3.8) is 0 Å². The number of nitrogens with zero attached hydrogens (tertiary/aromatic N) is 3. The van der Waals surface area contributed by atoms with Gasteiger partial charge < -0.3 is 15.1 Å². The molecule has 2 atom stereocenters. The average Bonchev–Trinajstić information content (AvgIpc) is 3.85. The van der Waals surface area contributed by atoms with Gasteiger partial charge in [0, 0.05) is 59.9 Å². The zero-order valence-corrected chi connectivity index (χ0v) is 26.7. The molecule has 46 heavy (non-hydrogen) atoms. The summed E-state index contributed by atoms with van der Waals surface area (Å²) in [5, 5.41) is 8.65. The summed E-state index contributed by atoms with van der Waals surface area (Å²) in [4.78, 5) is 58.3. The number of nitrogens with one attached hydrogen (secondary N) is 2. The highest BCUT2D eigenvalue weighted by atomic mass is 32.1. The van der Waals surface area contributed by atoms with E-state index in [-0.39, 0.29) is 30.2 Å². The Morgan fingerprint density at radius 2 is 1.85 bits per heavy atom. The van der Waals surface area contributed by atoms with Gasteiger partial charge in [-0.3, -0.25) is 24.5 Å². The smallest absolute Gasteiger partial charge is 0.255 e. The van der Waals surface area contributed by atoms with Crippen LogP contribution in [0, 0.1) is 11.8 Å². The number of carbonyl (C=O) groups excluding carboxylic acids is 4. The van der Waals surface area contributed by atoms with Crippen LogP contribution in [0.25, 0.3) is 10.6 Å². The fourth-order valence-electron chi connectivity index (χ4n) is 6.47. The number of thiazole rings is 1. The van der Waals surface area contributed by atoms with Crippen LogP contribution in [0.2, 0.25) is 0 Å². The number of aromatic nitrogens is 1. The average molecular weight is 638 g/mol. The topological polar surface area (TPSA) is 112 Å². The van der Waals surface area contributed by atoms with E-state index in [9.17, 15) is 19.2 Å². The predicted octanol–water partition coefficient (Wildman–Crippen LogP) is 5.05. The second-order valence-corrected chi connectivity index (χ2v) is 13.0. The van der Waals surface area contributed by atoms with Gasteiger partial charge in [-0.05, 0) is 80.6 Å². The fraction of sp³-hybridized carbons (Fsp3) is 0.417. The monoisotopic (exact) mass is 637 g/mol. The van der Waals surface area contributed by atoms with E-state index in [0.717, 1.165) is 85.3 Å². The van der Waals surface area contributed by atoms with E-state index in [0.29, 0.717) is 25.1 Å². The van der Waals surface area contributed by atoms with Gasteiger partial charge in [0.25, 0.3) is 5.91 Å². The number of fused-ring (bicyclic) bond motifs is 1. The molecule has 9 nitrogen and oxygen atoms in total. The number of unbranched alkanes of at least 4 members (excludes halogenated alkanes) is 5. The molecule has 4 heterocycles. The number of anilines is 1. The first kappa shape index (κ1) is 31.6. The number of hydrogen-bond acceptors (Lipinski definition) is 7.